The van der Waals surface area contributed by atoms with Gasteiger partial charge in [0.1, 0.15) is 5.69 Å². The third-order valence-electron chi connectivity index (χ3n) is 3.52. The number of nitrogens with one attached hydrogen (secondary N) is 1. The van der Waals surface area contributed by atoms with Crippen molar-refractivity contribution < 1.29 is 9.90 Å². The van der Waals surface area contributed by atoms with Crippen LogP contribution in [0.2, 0.25) is 5.02 Å². The monoisotopic (exact) mass is 387 g/mol. The molecule has 0 radical (unpaired) electrons. The summed E-state index contributed by atoms with van der Waals surface area (Å²) < 4.78 is 0. The summed E-state index contributed by atoms with van der Waals surface area (Å²) in [5.41, 5.74) is 0.718. The van der Waals surface area contributed by atoms with Crippen molar-refractivity contribution in [2.24, 2.45) is 0 Å². The zero-order valence-corrected chi connectivity index (χ0v) is 15.9. The molecular weight excluding hydrogens is 370 g/mol. The molecule has 0 fully saturated rings. The maximum Gasteiger partial charge on any atom is 0.270 e. The molecule has 2 aromatic heterocycles. The molecule has 3 rings (SSSR count). The Balaban J connectivity index is 2.00. The molecule has 0 saturated heterocycles. The van der Waals surface area contributed by atoms with E-state index in [2.05, 4.69) is 15.3 Å². The Morgan fingerprint density at radius 2 is 1.96 bits per heavy atom. The fourth-order valence-corrected chi connectivity index (χ4v) is 3.02. The van der Waals surface area contributed by atoms with Gasteiger partial charge in [-0.05, 0) is 43.5 Å². The molecule has 26 heavy (non-hydrogen) atoms. The van der Waals surface area contributed by atoms with E-state index < -0.39 is 5.60 Å². The minimum Gasteiger partial charge on any atom is -0.389 e. The van der Waals surface area contributed by atoms with E-state index in [4.69, 9.17) is 11.6 Å². The van der Waals surface area contributed by atoms with Gasteiger partial charge in [-0.2, -0.15) is 0 Å². The van der Waals surface area contributed by atoms with Gasteiger partial charge in [0.2, 0.25) is 0 Å². The average molecular weight is 388 g/mol. The van der Waals surface area contributed by atoms with Crippen LogP contribution in [0.25, 0.3) is 22.0 Å². The first-order valence-electron chi connectivity index (χ1n) is 8.01. The standard InChI is InChI=1S/C19H18ClN3O2S/c1-19(2,25)11-21-18(24)15-10-14(12-5-7-13(20)8-6-12)22-17(23-15)16-4-3-9-26-16/h3-10,25H,11H2,1-2H3,(H,21,24). The molecule has 0 aliphatic heterocycles. The summed E-state index contributed by atoms with van der Waals surface area (Å²) in [6.07, 6.45) is 0. The van der Waals surface area contributed by atoms with Gasteiger partial charge in [0, 0.05) is 17.1 Å². The van der Waals surface area contributed by atoms with Gasteiger partial charge in [0.25, 0.3) is 5.91 Å². The SMILES string of the molecule is CC(C)(O)CNC(=O)c1cc(-c2ccc(Cl)cc2)nc(-c2cccs2)n1. The number of rotatable bonds is 5. The molecule has 0 unspecified atom stereocenters. The van der Waals surface area contributed by atoms with E-state index in [1.165, 1.54) is 11.3 Å². The number of nitrogens with zero attached hydrogens (tertiary/aromatic N) is 2. The summed E-state index contributed by atoms with van der Waals surface area (Å²) in [7, 11) is 0. The van der Waals surface area contributed by atoms with Gasteiger partial charge in [-0.3, -0.25) is 4.79 Å². The van der Waals surface area contributed by atoms with Crippen LogP contribution in [0.5, 0.6) is 0 Å². The second kappa shape index (κ2) is 7.53. The van der Waals surface area contributed by atoms with Crippen LogP contribution in [0.3, 0.4) is 0 Å². The Hall–Kier alpha value is -2.28. The van der Waals surface area contributed by atoms with E-state index in [0.29, 0.717) is 16.5 Å². The summed E-state index contributed by atoms with van der Waals surface area (Å²) in [6, 6.07) is 12.7. The lowest BCUT2D eigenvalue weighted by Gasteiger charge is -2.17. The van der Waals surface area contributed by atoms with Gasteiger partial charge in [0.15, 0.2) is 5.82 Å². The number of carbonyl (C=O) groups is 1. The minimum atomic E-state index is -1.00. The van der Waals surface area contributed by atoms with Crippen LogP contribution in [0, 0.1) is 0 Å². The van der Waals surface area contributed by atoms with Crippen molar-refractivity contribution in [1.29, 1.82) is 0 Å². The lowest BCUT2D eigenvalue weighted by molar-refractivity contribution is 0.0692. The Labute approximate surface area is 160 Å². The van der Waals surface area contributed by atoms with Crippen LogP contribution in [-0.4, -0.2) is 33.1 Å². The van der Waals surface area contributed by atoms with Crippen molar-refractivity contribution in [3.05, 3.63) is 58.6 Å². The third kappa shape index (κ3) is 4.66. The molecule has 2 heterocycles. The molecule has 0 spiro atoms. The van der Waals surface area contributed by atoms with Crippen molar-refractivity contribution in [3.63, 3.8) is 0 Å². The molecule has 3 aromatic rings. The number of benzene rings is 1. The van der Waals surface area contributed by atoms with Crippen molar-refractivity contribution in [2.75, 3.05) is 6.54 Å². The van der Waals surface area contributed by atoms with Crippen LogP contribution in [-0.2, 0) is 0 Å². The zero-order valence-electron chi connectivity index (χ0n) is 14.4. The van der Waals surface area contributed by atoms with Crippen LogP contribution in [0.15, 0.2) is 47.8 Å². The first-order chi connectivity index (χ1) is 12.3. The third-order valence-corrected chi connectivity index (χ3v) is 4.64. The Kier molecular flexibility index (Phi) is 5.36. The average Bonchev–Trinajstić information content (AvgIpc) is 3.14. The topological polar surface area (TPSA) is 75.1 Å². The molecule has 1 amide bonds. The highest BCUT2D eigenvalue weighted by atomic mass is 35.5. The highest BCUT2D eigenvalue weighted by Gasteiger charge is 2.18. The number of hydrogen-bond donors (Lipinski definition) is 2. The summed E-state index contributed by atoms with van der Waals surface area (Å²) in [6.45, 7) is 3.38. The fourth-order valence-electron chi connectivity index (χ4n) is 2.24. The molecule has 0 aliphatic carbocycles. The first kappa shape index (κ1) is 18.5. The Morgan fingerprint density at radius 3 is 2.58 bits per heavy atom. The van der Waals surface area contributed by atoms with E-state index in [1.54, 1.807) is 32.0 Å². The minimum absolute atomic E-state index is 0.125. The van der Waals surface area contributed by atoms with Crippen molar-refractivity contribution in [1.82, 2.24) is 15.3 Å². The van der Waals surface area contributed by atoms with Gasteiger partial charge in [-0.15, -0.1) is 11.3 Å². The molecule has 5 nitrogen and oxygen atoms in total. The molecule has 0 atom stereocenters. The van der Waals surface area contributed by atoms with Crippen LogP contribution in [0.4, 0.5) is 0 Å². The normalized spacial score (nSPS) is 11.4. The largest absolute Gasteiger partial charge is 0.389 e. The van der Waals surface area contributed by atoms with Gasteiger partial charge in [-0.25, -0.2) is 9.97 Å². The molecule has 0 bridgehead atoms. The maximum atomic E-state index is 12.5. The molecule has 134 valence electrons. The van der Waals surface area contributed by atoms with E-state index in [0.717, 1.165) is 10.4 Å². The lowest BCUT2D eigenvalue weighted by atomic mass is 10.1. The van der Waals surface area contributed by atoms with Crippen LogP contribution < -0.4 is 5.32 Å². The molecule has 7 heteroatoms. The number of hydrogen-bond acceptors (Lipinski definition) is 5. The number of carbonyl (C=O) groups excluding carboxylic acids is 1. The Morgan fingerprint density at radius 1 is 1.23 bits per heavy atom. The number of halogens is 1. The molecular formula is C19H18ClN3O2S. The van der Waals surface area contributed by atoms with Gasteiger partial charge in [0.05, 0.1) is 16.2 Å². The summed E-state index contributed by atoms with van der Waals surface area (Å²) >= 11 is 7.46. The van der Waals surface area contributed by atoms with E-state index in [9.17, 15) is 9.90 Å². The second-order valence-corrected chi connectivity index (χ2v) is 7.83. The van der Waals surface area contributed by atoms with E-state index in [-0.39, 0.29) is 18.1 Å². The predicted octanol–water partition coefficient (Wildman–Crippen LogP) is 4.03. The fraction of sp³-hybridized carbons (Fsp3) is 0.211. The van der Waals surface area contributed by atoms with Crippen molar-refractivity contribution >= 4 is 28.8 Å². The summed E-state index contributed by atoms with van der Waals surface area (Å²) in [5, 5.41) is 15.1. The summed E-state index contributed by atoms with van der Waals surface area (Å²) in [4.78, 5) is 22.4. The summed E-state index contributed by atoms with van der Waals surface area (Å²) in [5.74, 6) is 0.128. The van der Waals surface area contributed by atoms with Gasteiger partial charge in [-0.1, -0.05) is 29.8 Å². The molecule has 0 saturated carbocycles. The van der Waals surface area contributed by atoms with E-state index >= 15 is 0 Å². The quantitative estimate of drug-likeness (QED) is 0.693. The highest BCUT2D eigenvalue weighted by molar-refractivity contribution is 7.13. The van der Waals surface area contributed by atoms with Crippen LogP contribution in [0.1, 0.15) is 24.3 Å². The number of aromatic nitrogens is 2. The van der Waals surface area contributed by atoms with Gasteiger partial charge >= 0.3 is 0 Å². The zero-order chi connectivity index (χ0) is 18.7. The molecule has 0 aliphatic rings. The number of amides is 1. The van der Waals surface area contributed by atoms with Gasteiger partial charge < -0.3 is 10.4 Å². The molecule has 1 aromatic carbocycles. The number of aliphatic hydroxyl groups is 1. The lowest BCUT2D eigenvalue weighted by Crippen LogP contribution is -2.38. The van der Waals surface area contributed by atoms with Crippen LogP contribution >= 0.6 is 22.9 Å². The van der Waals surface area contributed by atoms with Crippen molar-refractivity contribution in [2.45, 2.75) is 19.4 Å². The van der Waals surface area contributed by atoms with Crippen molar-refractivity contribution in [3.8, 4) is 22.0 Å². The predicted molar refractivity (Wildman–Crippen MR) is 104 cm³/mol. The number of thiophene rings is 1. The maximum absolute atomic E-state index is 12.5. The smallest absolute Gasteiger partial charge is 0.270 e. The highest BCUT2D eigenvalue weighted by Crippen LogP contribution is 2.26. The second-order valence-electron chi connectivity index (χ2n) is 6.44. The molecule has 2 N–H and O–H groups in total. The Bertz CT molecular complexity index is 904. The van der Waals surface area contributed by atoms with E-state index in [1.807, 2.05) is 29.6 Å². The first-order valence-corrected chi connectivity index (χ1v) is 9.27.